The third kappa shape index (κ3) is 2.83. The highest BCUT2D eigenvalue weighted by Gasteiger charge is 2.11. The van der Waals surface area contributed by atoms with Gasteiger partial charge in [0, 0.05) is 23.2 Å². The Hall–Kier alpha value is -3.59. The Morgan fingerprint density at radius 3 is 2.54 bits per heavy atom. The summed E-state index contributed by atoms with van der Waals surface area (Å²) in [4.78, 5) is 15.4. The summed E-state index contributed by atoms with van der Waals surface area (Å²) < 4.78 is 11.0. The number of nitrogens with two attached hydrogens (primary N) is 1. The molecule has 0 aliphatic heterocycles. The fraction of sp³-hybridized carbons (Fsp3) is 0.0556. The fourth-order valence-electron chi connectivity index (χ4n) is 2.31. The number of aromatic nitrogens is 1. The lowest BCUT2D eigenvalue weighted by atomic mass is 10.1. The molecular formula is C18H13N3O3. The fourth-order valence-corrected chi connectivity index (χ4v) is 2.31. The van der Waals surface area contributed by atoms with Crippen molar-refractivity contribution in [1.29, 1.82) is 5.26 Å². The lowest BCUT2D eigenvalue weighted by Gasteiger charge is -2.10. The van der Waals surface area contributed by atoms with Crippen LogP contribution in [0, 0.1) is 11.3 Å². The molecule has 0 radical (unpaired) electrons. The second-order valence-corrected chi connectivity index (χ2v) is 4.98. The molecule has 0 spiro atoms. The second-order valence-electron chi connectivity index (χ2n) is 4.98. The van der Waals surface area contributed by atoms with Crippen molar-refractivity contribution in [2.45, 2.75) is 0 Å². The number of nitrogens with zero attached hydrogens (tertiary/aromatic N) is 2. The van der Waals surface area contributed by atoms with Gasteiger partial charge in [0.05, 0.1) is 18.2 Å². The molecule has 3 rings (SSSR count). The summed E-state index contributed by atoms with van der Waals surface area (Å²) in [6.07, 6.45) is 1.61. The van der Waals surface area contributed by atoms with Crippen LogP contribution < -0.4 is 15.2 Å². The van der Waals surface area contributed by atoms with E-state index in [0.29, 0.717) is 39.3 Å². The minimum atomic E-state index is -0.498. The van der Waals surface area contributed by atoms with Gasteiger partial charge in [-0.15, -0.1) is 0 Å². The normalized spacial score (nSPS) is 10.2. The maximum absolute atomic E-state index is 11.1. The average Bonchev–Trinajstić information content (AvgIpc) is 2.61. The molecule has 0 fully saturated rings. The number of benzene rings is 2. The number of carbonyl (C=O) groups excluding carboxylic acids is 1. The van der Waals surface area contributed by atoms with E-state index in [0.717, 1.165) is 0 Å². The second kappa shape index (κ2) is 6.26. The van der Waals surface area contributed by atoms with E-state index in [1.165, 1.54) is 7.11 Å². The van der Waals surface area contributed by atoms with Crippen molar-refractivity contribution in [1.82, 2.24) is 4.98 Å². The van der Waals surface area contributed by atoms with Crippen LogP contribution in [-0.4, -0.2) is 18.0 Å². The predicted molar refractivity (Wildman–Crippen MR) is 88.0 cm³/mol. The van der Waals surface area contributed by atoms with Crippen LogP contribution in [0.25, 0.3) is 10.9 Å². The Balaban J connectivity index is 2.03. The number of amides is 1. The molecule has 1 heterocycles. The van der Waals surface area contributed by atoms with Crippen LogP contribution in [0.3, 0.4) is 0 Å². The van der Waals surface area contributed by atoms with Crippen molar-refractivity contribution >= 4 is 16.8 Å². The molecule has 1 aromatic heterocycles. The number of hydrogen-bond acceptors (Lipinski definition) is 5. The number of fused-ring (bicyclic) bond motifs is 1. The highest BCUT2D eigenvalue weighted by Crippen LogP contribution is 2.32. The highest BCUT2D eigenvalue weighted by molar-refractivity contribution is 5.93. The molecule has 0 bridgehead atoms. The zero-order chi connectivity index (χ0) is 17.1. The number of ether oxygens (including phenoxy) is 2. The van der Waals surface area contributed by atoms with E-state index in [1.807, 2.05) is 0 Å². The molecule has 24 heavy (non-hydrogen) atoms. The first-order chi connectivity index (χ1) is 11.6. The Labute approximate surface area is 138 Å². The summed E-state index contributed by atoms with van der Waals surface area (Å²) in [5.41, 5.74) is 6.67. The summed E-state index contributed by atoms with van der Waals surface area (Å²) in [7, 11) is 1.50. The molecule has 1 amide bonds. The van der Waals surface area contributed by atoms with Crippen molar-refractivity contribution < 1.29 is 14.3 Å². The third-order valence-electron chi connectivity index (χ3n) is 3.51. The molecule has 2 aromatic carbocycles. The van der Waals surface area contributed by atoms with Gasteiger partial charge in [-0.25, -0.2) is 0 Å². The minimum absolute atomic E-state index is 0.395. The third-order valence-corrected chi connectivity index (χ3v) is 3.51. The first-order valence-corrected chi connectivity index (χ1v) is 7.07. The first kappa shape index (κ1) is 15.3. The van der Waals surface area contributed by atoms with Gasteiger partial charge in [0.1, 0.15) is 23.3 Å². The van der Waals surface area contributed by atoms with E-state index in [4.69, 9.17) is 15.2 Å². The molecule has 0 unspecified atom stereocenters. The smallest absolute Gasteiger partial charge is 0.248 e. The molecule has 0 saturated carbocycles. The average molecular weight is 319 g/mol. The predicted octanol–water partition coefficient (Wildman–Crippen LogP) is 3.01. The molecule has 118 valence electrons. The van der Waals surface area contributed by atoms with Gasteiger partial charge in [-0.2, -0.15) is 5.26 Å². The first-order valence-electron chi connectivity index (χ1n) is 7.07. The van der Waals surface area contributed by atoms with Gasteiger partial charge in [-0.1, -0.05) is 0 Å². The molecular weight excluding hydrogens is 306 g/mol. The maximum atomic E-state index is 11.1. The van der Waals surface area contributed by atoms with Crippen LogP contribution in [0.15, 0.2) is 48.7 Å². The minimum Gasteiger partial charge on any atom is -0.495 e. The van der Waals surface area contributed by atoms with Crippen molar-refractivity contribution in [3.63, 3.8) is 0 Å². The lowest BCUT2D eigenvalue weighted by molar-refractivity contribution is 0.100. The van der Waals surface area contributed by atoms with E-state index in [9.17, 15) is 10.1 Å². The van der Waals surface area contributed by atoms with Crippen molar-refractivity contribution in [3.05, 3.63) is 59.8 Å². The van der Waals surface area contributed by atoms with Gasteiger partial charge >= 0.3 is 0 Å². The van der Waals surface area contributed by atoms with Crippen LogP contribution in [0.5, 0.6) is 17.2 Å². The highest BCUT2D eigenvalue weighted by atomic mass is 16.5. The largest absolute Gasteiger partial charge is 0.495 e. The van der Waals surface area contributed by atoms with E-state index in [-0.39, 0.29) is 0 Å². The summed E-state index contributed by atoms with van der Waals surface area (Å²) in [6, 6.07) is 13.6. The number of hydrogen-bond donors (Lipinski definition) is 1. The van der Waals surface area contributed by atoms with Gasteiger partial charge in [0.25, 0.3) is 0 Å². The van der Waals surface area contributed by atoms with E-state index >= 15 is 0 Å². The van der Waals surface area contributed by atoms with E-state index in [2.05, 4.69) is 11.1 Å². The maximum Gasteiger partial charge on any atom is 0.248 e. The van der Waals surface area contributed by atoms with Gasteiger partial charge in [-0.3, -0.25) is 9.78 Å². The van der Waals surface area contributed by atoms with Crippen LogP contribution in [0.2, 0.25) is 0 Å². The van der Waals surface area contributed by atoms with E-state index in [1.54, 1.807) is 48.7 Å². The van der Waals surface area contributed by atoms with Crippen molar-refractivity contribution in [3.8, 4) is 23.3 Å². The molecule has 6 heteroatoms. The number of nitriles is 1. The van der Waals surface area contributed by atoms with Crippen molar-refractivity contribution in [2.75, 3.05) is 7.11 Å². The van der Waals surface area contributed by atoms with Crippen LogP contribution >= 0.6 is 0 Å². The molecule has 0 atom stereocenters. The van der Waals surface area contributed by atoms with Gasteiger partial charge in [0.15, 0.2) is 0 Å². The number of rotatable bonds is 4. The number of methoxy groups -OCH3 is 1. The molecule has 0 aliphatic carbocycles. The number of pyridine rings is 1. The van der Waals surface area contributed by atoms with E-state index < -0.39 is 5.91 Å². The summed E-state index contributed by atoms with van der Waals surface area (Å²) >= 11 is 0. The van der Waals surface area contributed by atoms with Crippen LogP contribution in [0.4, 0.5) is 0 Å². The van der Waals surface area contributed by atoms with Gasteiger partial charge in [-0.05, 0) is 36.4 Å². The molecule has 0 saturated heterocycles. The standard InChI is InChI=1S/C18H13N3O3/c1-23-17-9-15-14(8-12(17)10-19)16(6-7-21-15)24-13-4-2-11(3-5-13)18(20)22/h2-9H,1H3,(H2,20,22). The Morgan fingerprint density at radius 1 is 1.17 bits per heavy atom. The monoisotopic (exact) mass is 319 g/mol. The zero-order valence-corrected chi connectivity index (χ0v) is 12.8. The molecule has 2 N–H and O–H groups in total. The van der Waals surface area contributed by atoms with Gasteiger partial charge in [0.2, 0.25) is 5.91 Å². The van der Waals surface area contributed by atoms with Gasteiger partial charge < -0.3 is 15.2 Å². The SMILES string of the molecule is COc1cc2nccc(Oc3ccc(C(N)=O)cc3)c2cc1C#N. The Morgan fingerprint density at radius 2 is 1.92 bits per heavy atom. The molecule has 3 aromatic rings. The number of carbonyl (C=O) groups is 1. The Kier molecular flexibility index (Phi) is 4.00. The summed E-state index contributed by atoms with van der Waals surface area (Å²) in [6.45, 7) is 0. The Bertz CT molecular complexity index is 960. The van der Waals surface area contributed by atoms with Crippen molar-refractivity contribution in [2.24, 2.45) is 5.73 Å². The molecule has 6 nitrogen and oxygen atoms in total. The summed E-state index contributed by atoms with van der Waals surface area (Å²) in [5, 5.41) is 9.93. The lowest BCUT2D eigenvalue weighted by Crippen LogP contribution is -2.10. The zero-order valence-electron chi connectivity index (χ0n) is 12.8. The number of primary amides is 1. The van der Waals surface area contributed by atoms with Crippen LogP contribution in [0.1, 0.15) is 15.9 Å². The molecule has 0 aliphatic rings. The van der Waals surface area contributed by atoms with Crippen LogP contribution in [-0.2, 0) is 0 Å². The topological polar surface area (TPSA) is 98.2 Å². The summed E-state index contributed by atoms with van der Waals surface area (Å²) in [5.74, 6) is 1.05. The quantitative estimate of drug-likeness (QED) is 0.797.